The van der Waals surface area contributed by atoms with E-state index in [4.69, 9.17) is 14.7 Å². The first-order valence-electron chi connectivity index (χ1n) is 11.6. The van der Waals surface area contributed by atoms with Gasteiger partial charge in [-0.05, 0) is 45.2 Å². The van der Waals surface area contributed by atoms with Gasteiger partial charge in [0.15, 0.2) is 5.65 Å². The molecule has 2 aliphatic rings. The first-order valence-corrected chi connectivity index (χ1v) is 11.6. The van der Waals surface area contributed by atoms with Crippen molar-refractivity contribution in [2.24, 2.45) is 0 Å². The van der Waals surface area contributed by atoms with Crippen molar-refractivity contribution in [1.82, 2.24) is 29.7 Å². The highest BCUT2D eigenvalue weighted by Crippen LogP contribution is 2.40. The van der Waals surface area contributed by atoms with Crippen LogP contribution in [0.1, 0.15) is 65.7 Å². The van der Waals surface area contributed by atoms with E-state index < -0.39 is 11.7 Å². The third kappa shape index (κ3) is 4.16. The molecule has 1 aliphatic carbocycles. The molecule has 0 N–H and O–H groups in total. The molecule has 1 aliphatic heterocycles. The van der Waals surface area contributed by atoms with Gasteiger partial charge < -0.3 is 4.74 Å². The van der Waals surface area contributed by atoms with Gasteiger partial charge in [-0.1, -0.05) is 12.1 Å². The summed E-state index contributed by atoms with van der Waals surface area (Å²) in [6.45, 7) is 4.13. The smallest absolute Gasteiger partial charge is 0.373 e. The summed E-state index contributed by atoms with van der Waals surface area (Å²) < 4.78 is 47.4. The Kier molecular flexibility index (Phi) is 5.10. The highest BCUT2D eigenvalue weighted by molar-refractivity contribution is 5.87. The predicted octanol–water partition coefficient (Wildman–Crippen LogP) is 5.50. The fourth-order valence-corrected chi connectivity index (χ4v) is 4.43. The maximum Gasteiger partial charge on any atom is 0.416 e. The Hall–Kier alpha value is -3.40. The standard InChI is InChI=1S/C25H23F3N6O/c1-13-14(2)31-24-22(30-13)21(15-3-5-18(6-4-15)25(26,27)28)32-23(33-24)16-9-20(35-12-16)17-10-29-34(11-17)19-7-8-19/h3-6,10-11,16,19-20H,7-9,12H2,1-2H3/t16-,20+/m1/s1. The van der Waals surface area contributed by atoms with Crippen LogP contribution >= 0.6 is 0 Å². The second kappa shape index (κ2) is 8.08. The summed E-state index contributed by atoms with van der Waals surface area (Å²) in [5.74, 6) is 0.479. The van der Waals surface area contributed by atoms with Crippen LogP contribution in [0.2, 0.25) is 0 Å². The van der Waals surface area contributed by atoms with Crippen LogP contribution in [0.5, 0.6) is 0 Å². The van der Waals surface area contributed by atoms with Crippen molar-refractivity contribution in [2.75, 3.05) is 6.61 Å². The van der Waals surface area contributed by atoms with Crippen LogP contribution in [0.3, 0.4) is 0 Å². The molecule has 4 heterocycles. The lowest BCUT2D eigenvalue weighted by molar-refractivity contribution is -0.137. The maximum absolute atomic E-state index is 13.1. The van der Waals surface area contributed by atoms with Gasteiger partial charge in [0.2, 0.25) is 0 Å². The van der Waals surface area contributed by atoms with Gasteiger partial charge in [-0.25, -0.2) is 19.9 Å². The van der Waals surface area contributed by atoms with Gasteiger partial charge in [-0.3, -0.25) is 4.68 Å². The minimum Gasteiger partial charge on any atom is -0.373 e. The zero-order chi connectivity index (χ0) is 24.3. The lowest BCUT2D eigenvalue weighted by Crippen LogP contribution is -2.09. The van der Waals surface area contributed by atoms with Crippen LogP contribution in [0, 0.1) is 13.8 Å². The normalized spacial score (nSPS) is 20.6. The SMILES string of the molecule is Cc1nc2nc([C@H]3CO[C@H](c4cnn(C5CC5)c4)C3)nc(-c3ccc(C(F)(F)F)cc3)c2nc1C. The van der Waals surface area contributed by atoms with Crippen LogP contribution in [0.4, 0.5) is 13.2 Å². The second-order valence-electron chi connectivity index (χ2n) is 9.31. The average molecular weight is 480 g/mol. The molecule has 4 aromatic rings. The van der Waals surface area contributed by atoms with E-state index in [0.717, 1.165) is 41.9 Å². The summed E-state index contributed by atoms with van der Waals surface area (Å²) in [6, 6.07) is 5.46. The molecule has 0 unspecified atom stereocenters. The average Bonchev–Trinajstić information content (AvgIpc) is 3.35. The highest BCUT2D eigenvalue weighted by atomic mass is 19.4. The van der Waals surface area contributed by atoms with E-state index in [2.05, 4.69) is 21.3 Å². The number of alkyl halides is 3. The van der Waals surface area contributed by atoms with E-state index in [-0.39, 0.29) is 12.0 Å². The van der Waals surface area contributed by atoms with E-state index in [1.54, 1.807) is 0 Å². The first-order chi connectivity index (χ1) is 16.8. The fraction of sp³-hybridized carbons (Fsp3) is 0.400. The number of halogens is 3. The molecule has 2 fully saturated rings. The number of rotatable bonds is 4. The van der Waals surface area contributed by atoms with Crippen LogP contribution in [-0.4, -0.2) is 36.3 Å². The predicted molar refractivity (Wildman–Crippen MR) is 122 cm³/mol. The van der Waals surface area contributed by atoms with Crippen LogP contribution < -0.4 is 0 Å². The molecular weight excluding hydrogens is 457 g/mol. The minimum atomic E-state index is -4.41. The van der Waals surface area contributed by atoms with Gasteiger partial charge in [0.1, 0.15) is 17.0 Å². The summed E-state index contributed by atoms with van der Waals surface area (Å²) in [4.78, 5) is 18.7. The van der Waals surface area contributed by atoms with Gasteiger partial charge in [0, 0.05) is 23.2 Å². The number of hydrogen-bond acceptors (Lipinski definition) is 6. The number of aryl methyl sites for hydroxylation is 2. The highest BCUT2D eigenvalue weighted by Gasteiger charge is 2.33. The molecule has 6 rings (SSSR count). The minimum absolute atomic E-state index is 0.0784. The van der Waals surface area contributed by atoms with Gasteiger partial charge in [0.25, 0.3) is 0 Å². The molecule has 0 bridgehead atoms. The molecule has 180 valence electrons. The second-order valence-corrected chi connectivity index (χ2v) is 9.31. The summed E-state index contributed by atoms with van der Waals surface area (Å²) >= 11 is 0. The molecule has 0 amide bonds. The fourth-order valence-electron chi connectivity index (χ4n) is 4.43. The van der Waals surface area contributed by atoms with Crippen molar-refractivity contribution in [2.45, 2.75) is 57.3 Å². The van der Waals surface area contributed by atoms with Gasteiger partial charge >= 0.3 is 6.18 Å². The van der Waals surface area contributed by atoms with Crippen molar-refractivity contribution in [3.8, 4) is 11.3 Å². The molecule has 1 aromatic carbocycles. The Morgan fingerprint density at radius 2 is 1.71 bits per heavy atom. The molecule has 35 heavy (non-hydrogen) atoms. The third-order valence-electron chi connectivity index (χ3n) is 6.72. The molecule has 2 atom stereocenters. The van der Waals surface area contributed by atoms with E-state index >= 15 is 0 Å². The number of nitrogens with zero attached hydrogens (tertiary/aromatic N) is 6. The van der Waals surface area contributed by atoms with E-state index in [0.29, 0.717) is 47.3 Å². The molecule has 0 radical (unpaired) electrons. The summed E-state index contributed by atoms with van der Waals surface area (Å²) in [5, 5.41) is 4.46. The Bertz CT molecular complexity index is 1410. The van der Waals surface area contributed by atoms with Crippen molar-refractivity contribution in [3.63, 3.8) is 0 Å². The van der Waals surface area contributed by atoms with Crippen molar-refractivity contribution >= 4 is 11.2 Å². The number of fused-ring (bicyclic) bond motifs is 1. The van der Waals surface area contributed by atoms with E-state index in [1.165, 1.54) is 12.1 Å². The van der Waals surface area contributed by atoms with E-state index in [9.17, 15) is 13.2 Å². The van der Waals surface area contributed by atoms with Crippen LogP contribution in [0.25, 0.3) is 22.4 Å². The molecule has 1 saturated heterocycles. The largest absolute Gasteiger partial charge is 0.416 e. The Labute approximate surface area is 199 Å². The number of hydrogen-bond donors (Lipinski definition) is 0. The molecule has 7 nitrogen and oxygen atoms in total. The first kappa shape index (κ1) is 22.1. The monoisotopic (exact) mass is 480 g/mol. The van der Waals surface area contributed by atoms with Crippen molar-refractivity contribution in [1.29, 1.82) is 0 Å². The van der Waals surface area contributed by atoms with Crippen LogP contribution in [0.15, 0.2) is 36.7 Å². The molecule has 10 heteroatoms. The lowest BCUT2D eigenvalue weighted by Gasteiger charge is -2.13. The maximum atomic E-state index is 13.1. The Morgan fingerprint density at radius 3 is 2.43 bits per heavy atom. The number of ether oxygens (including phenoxy) is 1. The number of aromatic nitrogens is 6. The summed E-state index contributed by atoms with van der Waals surface area (Å²) in [7, 11) is 0. The van der Waals surface area contributed by atoms with Gasteiger partial charge in [-0.15, -0.1) is 0 Å². The van der Waals surface area contributed by atoms with Gasteiger partial charge in [0.05, 0.1) is 41.9 Å². The molecule has 0 spiro atoms. The Morgan fingerprint density at radius 1 is 0.971 bits per heavy atom. The number of benzene rings is 1. The summed E-state index contributed by atoms with van der Waals surface area (Å²) in [6.07, 6.45) is 2.41. The third-order valence-corrected chi connectivity index (χ3v) is 6.72. The van der Waals surface area contributed by atoms with Crippen LogP contribution in [-0.2, 0) is 10.9 Å². The topological polar surface area (TPSA) is 78.6 Å². The van der Waals surface area contributed by atoms with Crippen molar-refractivity contribution in [3.05, 3.63) is 65.0 Å². The van der Waals surface area contributed by atoms with E-state index in [1.807, 2.05) is 24.7 Å². The van der Waals surface area contributed by atoms with Gasteiger partial charge in [-0.2, -0.15) is 18.3 Å². The Balaban J connectivity index is 1.37. The lowest BCUT2D eigenvalue weighted by atomic mass is 10.0. The molecule has 3 aromatic heterocycles. The quantitative estimate of drug-likeness (QED) is 0.384. The molecule has 1 saturated carbocycles. The molecular formula is C25H23F3N6O. The summed E-state index contributed by atoms with van der Waals surface area (Å²) in [5.41, 5.74) is 3.69. The van der Waals surface area contributed by atoms with Crippen molar-refractivity contribution < 1.29 is 17.9 Å². The zero-order valence-electron chi connectivity index (χ0n) is 19.3. The zero-order valence-corrected chi connectivity index (χ0v) is 19.3.